The van der Waals surface area contributed by atoms with Crippen LogP contribution in [0.5, 0.6) is 0 Å². The van der Waals surface area contributed by atoms with Gasteiger partial charge in [0.25, 0.3) is 0 Å². The van der Waals surface area contributed by atoms with Crippen LogP contribution in [0.2, 0.25) is 0 Å². The molecule has 0 aliphatic heterocycles. The maximum absolute atomic E-state index is 12.0. The van der Waals surface area contributed by atoms with Gasteiger partial charge in [0.05, 0.1) is 0 Å². The van der Waals surface area contributed by atoms with E-state index in [0.29, 0.717) is 0 Å². The summed E-state index contributed by atoms with van der Waals surface area (Å²) < 4.78 is 0. The summed E-state index contributed by atoms with van der Waals surface area (Å²) in [5, 5.41) is 0. The highest BCUT2D eigenvalue weighted by molar-refractivity contribution is 5.91. The number of carbonyl (C=O) groups is 1. The Kier molecular flexibility index (Phi) is 4.35. The third-order valence-electron chi connectivity index (χ3n) is 2.74. The van der Waals surface area contributed by atoms with Crippen LogP contribution in [-0.4, -0.2) is 31.1 Å². The fourth-order valence-corrected chi connectivity index (χ4v) is 1.59. The maximum atomic E-state index is 12.0. The summed E-state index contributed by atoms with van der Waals surface area (Å²) in [6.07, 6.45) is 0. The van der Waals surface area contributed by atoms with E-state index >= 15 is 0 Å². The predicted molar refractivity (Wildman–Crippen MR) is 67.9 cm³/mol. The normalized spacial score (nSPS) is 10.0. The molecule has 1 aromatic rings. The minimum Gasteiger partial charge on any atom is -0.325 e. The van der Waals surface area contributed by atoms with Crippen molar-refractivity contribution in [3.05, 3.63) is 29.8 Å². The molecule has 0 heterocycles. The molecule has 1 aromatic carbocycles. The molecule has 88 valence electrons. The molecule has 0 saturated carbocycles. The van der Waals surface area contributed by atoms with Crippen LogP contribution in [0.1, 0.15) is 19.4 Å². The number of hydrogen-bond acceptors (Lipinski definition) is 1. The second-order valence-corrected chi connectivity index (χ2v) is 3.85. The minimum atomic E-state index is 0.0499. The lowest BCUT2D eigenvalue weighted by molar-refractivity contribution is 0.211. The van der Waals surface area contributed by atoms with E-state index in [4.69, 9.17) is 0 Å². The average molecular weight is 220 g/mol. The van der Waals surface area contributed by atoms with Crippen molar-refractivity contribution in [1.82, 2.24) is 4.90 Å². The Morgan fingerprint density at radius 2 is 1.62 bits per heavy atom. The minimum absolute atomic E-state index is 0.0499. The van der Waals surface area contributed by atoms with Crippen LogP contribution in [0.3, 0.4) is 0 Å². The second-order valence-electron chi connectivity index (χ2n) is 3.85. The van der Waals surface area contributed by atoms with E-state index in [2.05, 4.69) is 0 Å². The Labute approximate surface area is 97.7 Å². The van der Waals surface area contributed by atoms with Gasteiger partial charge < -0.3 is 4.90 Å². The highest BCUT2D eigenvalue weighted by Crippen LogP contribution is 2.14. The van der Waals surface area contributed by atoms with Gasteiger partial charge in [0.1, 0.15) is 0 Å². The van der Waals surface area contributed by atoms with Crippen molar-refractivity contribution in [3.63, 3.8) is 0 Å². The van der Waals surface area contributed by atoms with E-state index in [1.807, 2.05) is 52.1 Å². The first-order valence-electron chi connectivity index (χ1n) is 5.69. The van der Waals surface area contributed by atoms with Crippen molar-refractivity contribution < 1.29 is 4.79 Å². The second kappa shape index (κ2) is 5.54. The Morgan fingerprint density at radius 3 is 2.06 bits per heavy atom. The van der Waals surface area contributed by atoms with Crippen LogP contribution in [0, 0.1) is 6.92 Å². The number of rotatable bonds is 3. The third kappa shape index (κ3) is 2.75. The van der Waals surface area contributed by atoms with Gasteiger partial charge in [0.15, 0.2) is 0 Å². The quantitative estimate of drug-likeness (QED) is 0.768. The van der Waals surface area contributed by atoms with Gasteiger partial charge in [0, 0.05) is 25.8 Å². The molecule has 3 nitrogen and oxygen atoms in total. The van der Waals surface area contributed by atoms with E-state index in [1.54, 1.807) is 9.80 Å². The molecule has 2 amide bonds. The molecule has 0 atom stereocenters. The van der Waals surface area contributed by atoms with Crippen molar-refractivity contribution in [2.24, 2.45) is 0 Å². The summed E-state index contributed by atoms with van der Waals surface area (Å²) in [6, 6.07) is 8.02. The van der Waals surface area contributed by atoms with Crippen LogP contribution >= 0.6 is 0 Å². The number of benzene rings is 1. The van der Waals surface area contributed by atoms with Crippen LogP contribution in [0.4, 0.5) is 10.5 Å². The largest absolute Gasteiger partial charge is 0.325 e. The molecule has 1 rings (SSSR count). The highest BCUT2D eigenvalue weighted by atomic mass is 16.2. The zero-order valence-electron chi connectivity index (χ0n) is 10.5. The maximum Gasteiger partial charge on any atom is 0.324 e. The van der Waals surface area contributed by atoms with Gasteiger partial charge >= 0.3 is 6.03 Å². The third-order valence-corrected chi connectivity index (χ3v) is 2.74. The van der Waals surface area contributed by atoms with Crippen molar-refractivity contribution in [1.29, 1.82) is 0 Å². The number of amides is 2. The number of anilines is 1. The van der Waals surface area contributed by atoms with Gasteiger partial charge in [-0.1, -0.05) is 17.7 Å². The summed E-state index contributed by atoms with van der Waals surface area (Å²) in [6.45, 7) is 7.50. The summed E-state index contributed by atoms with van der Waals surface area (Å²) in [5.74, 6) is 0. The van der Waals surface area contributed by atoms with E-state index in [1.165, 1.54) is 5.56 Å². The Hall–Kier alpha value is -1.51. The lowest BCUT2D eigenvalue weighted by Crippen LogP contribution is -2.41. The van der Waals surface area contributed by atoms with Gasteiger partial charge in [-0.25, -0.2) is 4.79 Å². The fourth-order valence-electron chi connectivity index (χ4n) is 1.59. The molecular formula is C13H20N2O. The average Bonchev–Trinajstić information content (AvgIpc) is 2.30. The molecule has 0 N–H and O–H groups in total. The van der Waals surface area contributed by atoms with Gasteiger partial charge in [-0.05, 0) is 32.9 Å². The smallest absolute Gasteiger partial charge is 0.324 e. The Balaban J connectivity index is 2.81. The number of nitrogens with zero attached hydrogens (tertiary/aromatic N) is 2. The molecule has 0 saturated heterocycles. The molecule has 0 fully saturated rings. The van der Waals surface area contributed by atoms with Crippen molar-refractivity contribution in [2.45, 2.75) is 20.8 Å². The molecule has 0 aromatic heterocycles. The van der Waals surface area contributed by atoms with Crippen LogP contribution in [0.25, 0.3) is 0 Å². The first kappa shape index (κ1) is 12.6. The van der Waals surface area contributed by atoms with Gasteiger partial charge in [0.2, 0.25) is 0 Å². The molecule has 0 spiro atoms. The van der Waals surface area contributed by atoms with Gasteiger partial charge in [-0.3, -0.25) is 4.90 Å². The van der Waals surface area contributed by atoms with Crippen LogP contribution in [0.15, 0.2) is 24.3 Å². The summed E-state index contributed by atoms with van der Waals surface area (Å²) in [7, 11) is 1.81. The Morgan fingerprint density at radius 1 is 1.12 bits per heavy atom. The van der Waals surface area contributed by atoms with E-state index in [-0.39, 0.29) is 6.03 Å². The predicted octanol–water partition coefficient (Wildman–Crippen LogP) is 2.89. The van der Waals surface area contributed by atoms with E-state index in [9.17, 15) is 4.79 Å². The van der Waals surface area contributed by atoms with E-state index < -0.39 is 0 Å². The molecule has 0 aliphatic rings. The lowest BCUT2D eigenvalue weighted by atomic mass is 10.2. The number of hydrogen-bond donors (Lipinski definition) is 0. The molecule has 3 heteroatoms. The van der Waals surface area contributed by atoms with Crippen LogP contribution < -0.4 is 4.90 Å². The summed E-state index contributed by atoms with van der Waals surface area (Å²) in [5.41, 5.74) is 2.13. The molecule has 0 unspecified atom stereocenters. The van der Waals surface area contributed by atoms with E-state index in [0.717, 1.165) is 18.8 Å². The van der Waals surface area contributed by atoms with Crippen LogP contribution in [-0.2, 0) is 0 Å². The number of carbonyl (C=O) groups excluding carboxylic acids is 1. The topological polar surface area (TPSA) is 23.6 Å². The lowest BCUT2D eigenvalue weighted by Gasteiger charge is -2.26. The molecule has 0 aliphatic carbocycles. The molecular weight excluding hydrogens is 200 g/mol. The fraction of sp³-hybridized carbons (Fsp3) is 0.462. The summed E-state index contributed by atoms with van der Waals surface area (Å²) in [4.78, 5) is 15.5. The number of urea groups is 1. The Bertz CT molecular complexity index is 341. The first-order chi connectivity index (χ1) is 7.60. The molecule has 0 radical (unpaired) electrons. The number of aryl methyl sites for hydroxylation is 1. The SMILES string of the molecule is CCN(CC)C(=O)N(C)c1ccc(C)cc1. The van der Waals surface area contributed by atoms with Crippen molar-refractivity contribution in [3.8, 4) is 0 Å². The zero-order valence-corrected chi connectivity index (χ0v) is 10.5. The zero-order chi connectivity index (χ0) is 12.1. The molecule has 0 bridgehead atoms. The highest BCUT2D eigenvalue weighted by Gasteiger charge is 2.15. The standard InChI is InChI=1S/C13H20N2O/c1-5-15(6-2)13(16)14(4)12-9-7-11(3)8-10-12/h7-10H,5-6H2,1-4H3. The van der Waals surface area contributed by atoms with Crippen molar-refractivity contribution in [2.75, 3.05) is 25.0 Å². The molecule has 16 heavy (non-hydrogen) atoms. The van der Waals surface area contributed by atoms with Gasteiger partial charge in [-0.15, -0.1) is 0 Å². The van der Waals surface area contributed by atoms with Crippen molar-refractivity contribution >= 4 is 11.7 Å². The monoisotopic (exact) mass is 220 g/mol. The van der Waals surface area contributed by atoms with Gasteiger partial charge in [-0.2, -0.15) is 0 Å². The summed E-state index contributed by atoms with van der Waals surface area (Å²) >= 11 is 0. The first-order valence-corrected chi connectivity index (χ1v) is 5.69.